The Balaban J connectivity index is 3.23. The van der Waals surface area contributed by atoms with Gasteiger partial charge < -0.3 is 5.73 Å². The van der Waals surface area contributed by atoms with E-state index in [9.17, 15) is 8.78 Å². The van der Waals surface area contributed by atoms with Crippen molar-refractivity contribution in [3.63, 3.8) is 0 Å². The van der Waals surface area contributed by atoms with E-state index in [4.69, 9.17) is 5.73 Å². The van der Waals surface area contributed by atoms with E-state index < -0.39 is 6.43 Å². The van der Waals surface area contributed by atoms with Crippen LogP contribution in [0.2, 0.25) is 0 Å². The minimum atomic E-state index is -2.55. The molecule has 6 heteroatoms. The fourth-order valence-electron chi connectivity index (χ4n) is 0.809. The molecule has 2 nitrogen and oxygen atoms in total. The molecule has 0 aliphatic rings. The zero-order chi connectivity index (χ0) is 10.0. The smallest absolute Gasteiger partial charge is 0.281 e. The van der Waals surface area contributed by atoms with Gasteiger partial charge in [0.05, 0.1) is 3.57 Å². The Morgan fingerprint density at radius 3 is 2.69 bits per heavy atom. The molecule has 1 aromatic heterocycles. The first-order chi connectivity index (χ1) is 6.07. The van der Waals surface area contributed by atoms with Gasteiger partial charge in [-0.1, -0.05) is 0 Å². The lowest BCUT2D eigenvalue weighted by Gasteiger charge is -2.07. The van der Waals surface area contributed by atoms with E-state index in [2.05, 4.69) is 20.9 Å². The third-order valence-electron chi connectivity index (χ3n) is 1.49. The van der Waals surface area contributed by atoms with Crippen LogP contribution in [0.5, 0.6) is 0 Å². The summed E-state index contributed by atoms with van der Waals surface area (Å²) in [5, 5.41) is 0. The van der Waals surface area contributed by atoms with Gasteiger partial charge in [-0.25, -0.2) is 8.78 Å². The van der Waals surface area contributed by atoms with Crippen LogP contribution in [0.25, 0.3) is 0 Å². The third kappa shape index (κ3) is 2.35. The number of nitrogens with two attached hydrogens (primary N) is 1. The first-order valence-electron chi connectivity index (χ1n) is 3.39. The van der Waals surface area contributed by atoms with Crippen LogP contribution >= 0.6 is 38.5 Å². The lowest BCUT2D eigenvalue weighted by Crippen LogP contribution is -2.03. The molecule has 0 radical (unpaired) electrons. The molecule has 0 spiro atoms. The number of hydrogen-bond acceptors (Lipinski definition) is 2. The van der Waals surface area contributed by atoms with Crippen molar-refractivity contribution in [2.75, 3.05) is 0 Å². The number of pyridine rings is 1. The summed E-state index contributed by atoms with van der Waals surface area (Å²) in [6.07, 6.45) is -1.18. The zero-order valence-corrected chi connectivity index (χ0v) is 10.1. The van der Waals surface area contributed by atoms with Gasteiger partial charge in [0.2, 0.25) is 0 Å². The van der Waals surface area contributed by atoms with Gasteiger partial charge in [0.25, 0.3) is 6.43 Å². The van der Waals surface area contributed by atoms with Gasteiger partial charge in [0, 0.05) is 17.2 Å². The van der Waals surface area contributed by atoms with E-state index in [0.717, 1.165) is 5.56 Å². The van der Waals surface area contributed by atoms with E-state index in [1.54, 1.807) is 0 Å². The summed E-state index contributed by atoms with van der Waals surface area (Å²) in [6.45, 7) is 0.285. The minimum Gasteiger partial charge on any atom is -0.326 e. The second-order valence-electron chi connectivity index (χ2n) is 2.30. The molecule has 13 heavy (non-hydrogen) atoms. The molecule has 72 valence electrons. The summed E-state index contributed by atoms with van der Waals surface area (Å²) >= 11 is 5.02. The van der Waals surface area contributed by atoms with Crippen molar-refractivity contribution in [3.05, 3.63) is 25.5 Å². The van der Waals surface area contributed by atoms with Crippen molar-refractivity contribution in [1.82, 2.24) is 4.98 Å². The van der Waals surface area contributed by atoms with Gasteiger partial charge in [-0.05, 0) is 44.1 Å². The van der Waals surface area contributed by atoms with Crippen LogP contribution < -0.4 is 5.73 Å². The van der Waals surface area contributed by atoms with Gasteiger partial charge in [0.1, 0.15) is 5.69 Å². The van der Waals surface area contributed by atoms with Crippen molar-refractivity contribution < 1.29 is 8.78 Å². The molecule has 1 aromatic rings. The molecule has 0 unspecified atom stereocenters. The lowest BCUT2D eigenvalue weighted by atomic mass is 10.2. The van der Waals surface area contributed by atoms with Crippen molar-refractivity contribution in [2.45, 2.75) is 13.0 Å². The van der Waals surface area contributed by atoms with Gasteiger partial charge in [-0.3, -0.25) is 4.98 Å². The molecule has 0 atom stereocenters. The summed E-state index contributed by atoms with van der Waals surface area (Å²) in [6, 6.07) is 0. The maximum absolute atomic E-state index is 12.3. The van der Waals surface area contributed by atoms with E-state index in [1.807, 2.05) is 22.6 Å². The van der Waals surface area contributed by atoms with E-state index in [-0.39, 0.29) is 12.2 Å². The SMILES string of the molecule is NCc1cnc(C(F)F)c(I)c1Br. The van der Waals surface area contributed by atoms with Crippen LogP contribution in [-0.4, -0.2) is 4.98 Å². The van der Waals surface area contributed by atoms with E-state index in [0.29, 0.717) is 8.04 Å². The van der Waals surface area contributed by atoms with E-state index >= 15 is 0 Å². The summed E-state index contributed by atoms with van der Waals surface area (Å²) in [4.78, 5) is 3.64. The Morgan fingerprint density at radius 2 is 2.23 bits per heavy atom. The fraction of sp³-hybridized carbons (Fsp3) is 0.286. The predicted octanol–water partition coefficient (Wildman–Crippen LogP) is 2.85. The fourth-order valence-corrected chi connectivity index (χ4v) is 2.00. The third-order valence-corrected chi connectivity index (χ3v) is 4.22. The second-order valence-corrected chi connectivity index (χ2v) is 4.17. The normalized spacial score (nSPS) is 10.9. The summed E-state index contributed by atoms with van der Waals surface area (Å²) in [5.74, 6) is 0. The summed E-state index contributed by atoms with van der Waals surface area (Å²) < 4.78 is 25.7. The monoisotopic (exact) mass is 362 g/mol. The predicted molar refractivity (Wildman–Crippen MR) is 57.5 cm³/mol. The first kappa shape index (κ1) is 11.3. The average molecular weight is 363 g/mol. The highest BCUT2D eigenvalue weighted by atomic mass is 127. The molecule has 0 aliphatic heterocycles. The number of hydrogen-bond donors (Lipinski definition) is 1. The number of alkyl halides is 2. The van der Waals surface area contributed by atoms with Crippen LogP contribution in [0.4, 0.5) is 8.78 Å². The highest BCUT2D eigenvalue weighted by Crippen LogP contribution is 2.30. The van der Waals surface area contributed by atoms with E-state index in [1.165, 1.54) is 6.20 Å². The largest absolute Gasteiger partial charge is 0.326 e. The number of nitrogens with zero attached hydrogens (tertiary/aromatic N) is 1. The molecule has 0 aliphatic carbocycles. The molecule has 0 saturated carbocycles. The highest BCUT2D eigenvalue weighted by molar-refractivity contribution is 14.1. The molecular formula is C7H6BrF2IN2. The average Bonchev–Trinajstić information content (AvgIpc) is 2.09. The van der Waals surface area contributed by atoms with Gasteiger partial charge in [-0.15, -0.1) is 0 Å². The van der Waals surface area contributed by atoms with Crippen LogP contribution in [0.3, 0.4) is 0 Å². The molecule has 1 rings (SSSR count). The maximum atomic E-state index is 12.3. The Hall–Kier alpha value is 0.180. The van der Waals surface area contributed by atoms with Crippen LogP contribution in [0.1, 0.15) is 17.7 Å². The van der Waals surface area contributed by atoms with Crippen LogP contribution in [0.15, 0.2) is 10.7 Å². The number of rotatable bonds is 2. The van der Waals surface area contributed by atoms with Crippen molar-refractivity contribution in [1.29, 1.82) is 0 Å². The topological polar surface area (TPSA) is 38.9 Å². The van der Waals surface area contributed by atoms with Crippen molar-refractivity contribution >= 4 is 38.5 Å². The molecule has 0 aromatic carbocycles. The molecule has 2 N–H and O–H groups in total. The Bertz CT molecular complexity index is 320. The number of aromatic nitrogens is 1. The molecule has 0 bridgehead atoms. The summed E-state index contributed by atoms with van der Waals surface area (Å²) in [5.41, 5.74) is 5.91. The van der Waals surface area contributed by atoms with Gasteiger partial charge >= 0.3 is 0 Å². The Kier molecular flexibility index (Phi) is 3.99. The molecular weight excluding hydrogens is 357 g/mol. The van der Waals surface area contributed by atoms with Gasteiger partial charge in [0.15, 0.2) is 0 Å². The van der Waals surface area contributed by atoms with Gasteiger partial charge in [-0.2, -0.15) is 0 Å². The highest BCUT2D eigenvalue weighted by Gasteiger charge is 2.16. The number of halogens is 4. The Morgan fingerprint density at radius 1 is 1.62 bits per heavy atom. The maximum Gasteiger partial charge on any atom is 0.281 e. The molecule has 0 amide bonds. The second kappa shape index (κ2) is 4.61. The van der Waals surface area contributed by atoms with Crippen molar-refractivity contribution in [3.8, 4) is 0 Å². The standard InChI is InChI=1S/C7H6BrF2IN2/c8-4-3(1-12)2-13-6(5(4)11)7(9)10/h2,7H,1,12H2. The quantitative estimate of drug-likeness (QED) is 0.821. The minimum absolute atomic E-state index is 0.204. The first-order valence-corrected chi connectivity index (χ1v) is 5.26. The molecule has 0 fully saturated rings. The Labute approximate surface area is 96.2 Å². The van der Waals surface area contributed by atoms with Crippen molar-refractivity contribution in [2.24, 2.45) is 5.73 Å². The zero-order valence-electron chi connectivity index (χ0n) is 6.40. The molecule has 1 heterocycles. The summed E-state index contributed by atoms with van der Waals surface area (Å²) in [7, 11) is 0. The molecule has 0 saturated heterocycles. The lowest BCUT2D eigenvalue weighted by molar-refractivity contribution is 0.145. The van der Waals surface area contributed by atoms with Crippen LogP contribution in [-0.2, 0) is 6.54 Å². The van der Waals surface area contributed by atoms with Crippen LogP contribution in [0, 0.1) is 3.57 Å².